The van der Waals surface area contributed by atoms with Crippen molar-refractivity contribution < 1.29 is 9.53 Å². The highest BCUT2D eigenvalue weighted by atomic mass is 16.5. The molecule has 17 heavy (non-hydrogen) atoms. The first-order valence-electron chi connectivity index (χ1n) is 6.06. The second-order valence-electron chi connectivity index (χ2n) is 4.79. The zero-order valence-corrected chi connectivity index (χ0v) is 10.3. The third kappa shape index (κ3) is 2.93. The fraction of sp³-hybridized carbons (Fsp3) is 0.500. The number of nitrogens with zero attached hydrogens (tertiary/aromatic N) is 1. The normalized spacial score (nSPS) is 20.8. The van der Waals surface area contributed by atoms with Crippen LogP contribution in [0.1, 0.15) is 12.5 Å². The van der Waals surface area contributed by atoms with Crippen molar-refractivity contribution in [3.63, 3.8) is 0 Å². The Morgan fingerprint density at radius 1 is 1.29 bits per heavy atom. The van der Waals surface area contributed by atoms with E-state index in [0.717, 1.165) is 44.7 Å². The molecule has 1 unspecified atom stereocenters. The molecule has 92 valence electrons. The minimum atomic E-state index is -0.418. The summed E-state index contributed by atoms with van der Waals surface area (Å²) >= 11 is 0. The SMILES string of the molecule is CC(C=O)(CN1CCOCC1)c1ccccc1. The highest BCUT2D eigenvalue weighted by Gasteiger charge is 2.29. The van der Waals surface area contributed by atoms with E-state index in [2.05, 4.69) is 4.90 Å². The predicted molar refractivity (Wildman–Crippen MR) is 67.1 cm³/mol. The van der Waals surface area contributed by atoms with Crippen LogP contribution in [0.25, 0.3) is 0 Å². The smallest absolute Gasteiger partial charge is 0.131 e. The molecule has 0 spiro atoms. The van der Waals surface area contributed by atoms with Gasteiger partial charge in [0.25, 0.3) is 0 Å². The summed E-state index contributed by atoms with van der Waals surface area (Å²) < 4.78 is 5.32. The summed E-state index contributed by atoms with van der Waals surface area (Å²) in [5.74, 6) is 0. The van der Waals surface area contributed by atoms with Gasteiger partial charge >= 0.3 is 0 Å². The van der Waals surface area contributed by atoms with Gasteiger partial charge in [-0.2, -0.15) is 0 Å². The summed E-state index contributed by atoms with van der Waals surface area (Å²) in [6.07, 6.45) is 1.07. The van der Waals surface area contributed by atoms with Gasteiger partial charge in [-0.05, 0) is 12.5 Å². The first kappa shape index (κ1) is 12.3. The Hall–Kier alpha value is -1.19. The van der Waals surface area contributed by atoms with Crippen LogP contribution in [0.15, 0.2) is 30.3 Å². The summed E-state index contributed by atoms with van der Waals surface area (Å²) in [5.41, 5.74) is 0.667. The Bertz CT molecular complexity index is 360. The van der Waals surface area contributed by atoms with Crippen LogP contribution in [0, 0.1) is 0 Å². The van der Waals surface area contributed by atoms with E-state index in [9.17, 15) is 4.79 Å². The van der Waals surface area contributed by atoms with Crippen LogP contribution in [0.3, 0.4) is 0 Å². The number of carbonyl (C=O) groups is 1. The summed E-state index contributed by atoms with van der Waals surface area (Å²) in [6.45, 7) is 6.13. The van der Waals surface area contributed by atoms with Crippen molar-refractivity contribution in [2.45, 2.75) is 12.3 Å². The lowest BCUT2D eigenvalue weighted by Gasteiger charge is -2.34. The van der Waals surface area contributed by atoms with Crippen molar-refractivity contribution in [2.24, 2.45) is 0 Å². The van der Waals surface area contributed by atoms with Gasteiger partial charge in [0.1, 0.15) is 6.29 Å². The fourth-order valence-electron chi connectivity index (χ4n) is 2.24. The van der Waals surface area contributed by atoms with Gasteiger partial charge in [0, 0.05) is 19.6 Å². The van der Waals surface area contributed by atoms with Crippen molar-refractivity contribution in [3.8, 4) is 0 Å². The largest absolute Gasteiger partial charge is 0.379 e. The van der Waals surface area contributed by atoms with Crippen LogP contribution in [0.4, 0.5) is 0 Å². The molecule has 1 aliphatic rings. The van der Waals surface area contributed by atoms with Gasteiger partial charge in [-0.3, -0.25) is 4.90 Å². The molecule has 0 amide bonds. The number of carbonyl (C=O) groups excluding carboxylic acids is 1. The fourth-order valence-corrected chi connectivity index (χ4v) is 2.24. The van der Waals surface area contributed by atoms with Gasteiger partial charge in [0.15, 0.2) is 0 Å². The number of aldehydes is 1. The highest BCUT2D eigenvalue weighted by Crippen LogP contribution is 2.22. The maximum absolute atomic E-state index is 11.4. The van der Waals surface area contributed by atoms with Crippen LogP contribution in [0.2, 0.25) is 0 Å². The Morgan fingerprint density at radius 2 is 1.94 bits per heavy atom. The third-order valence-electron chi connectivity index (χ3n) is 3.35. The maximum Gasteiger partial charge on any atom is 0.131 e. The van der Waals surface area contributed by atoms with Crippen LogP contribution < -0.4 is 0 Å². The lowest BCUT2D eigenvalue weighted by molar-refractivity contribution is -0.113. The molecule has 1 aliphatic heterocycles. The Morgan fingerprint density at radius 3 is 2.53 bits per heavy atom. The molecule has 1 aromatic carbocycles. The van der Waals surface area contributed by atoms with Crippen LogP contribution in [0.5, 0.6) is 0 Å². The molecule has 0 N–H and O–H groups in total. The monoisotopic (exact) mass is 233 g/mol. The molecule has 0 bridgehead atoms. The standard InChI is InChI=1S/C14H19NO2/c1-14(12-16,13-5-3-2-4-6-13)11-15-7-9-17-10-8-15/h2-6,12H,7-11H2,1H3. The molecule has 0 aromatic heterocycles. The van der Waals surface area contributed by atoms with Crippen LogP contribution in [-0.4, -0.2) is 44.0 Å². The predicted octanol–water partition coefficient (Wildman–Crippen LogP) is 1.48. The second-order valence-corrected chi connectivity index (χ2v) is 4.79. The zero-order chi connectivity index (χ0) is 12.1. The molecule has 2 rings (SSSR count). The van der Waals surface area contributed by atoms with Crippen molar-refractivity contribution in [3.05, 3.63) is 35.9 Å². The Kier molecular flexibility index (Phi) is 3.92. The van der Waals surface area contributed by atoms with E-state index in [1.807, 2.05) is 37.3 Å². The molecule has 1 aromatic rings. The lowest BCUT2D eigenvalue weighted by Crippen LogP contribution is -2.45. The Balaban J connectivity index is 2.11. The average Bonchev–Trinajstić information content (AvgIpc) is 2.41. The van der Waals surface area contributed by atoms with Gasteiger partial charge in [0.05, 0.1) is 18.6 Å². The molecule has 0 aliphatic carbocycles. The van der Waals surface area contributed by atoms with Gasteiger partial charge in [-0.1, -0.05) is 30.3 Å². The van der Waals surface area contributed by atoms with Gasteiger partial charge in [-0.15, -0.1) is 0 Å². The molecule has 0 saturated carbocycles. The quantitative estimate of drug-likeness (QED) is 0.738. The molecular formula is C14H19NO2. The molecule has 3 nitrogen and oxygen atoms in total. The lowest BCUT2D eigenvalue weighted by atomic mass is 9.83. The van der Waals surface area contributed by atoms with Crippen LogP contribution in [-0.2, 0) is 14.9 Å². The van der Waals surface area contributed by atoms with E-state index in [-0.39, 0.29) is 0 Å². The molecule has 1 saturated heterocycles. The third-order valence-corrected chi connectivity index (χ3v) is 3.35. The number of morpholine rings is 1. The molecular weight excluding hydrogens is 214 g/mol. The number of benzene rings is 1. The summed E-state index contributed by atoms with van der Waals surface area (Å²) in [6, 6.07) is 9.99. The minimum absolute atomic E-state index is 0.418. The molecule has 0 radical (unpaired) electrons. The molecule has 1 heterocycles. The minimum Gasteiger partial charge on any atom is -0.379 e. The average molecular weight is 233 g/mol. The van der Waals surface area contributed by atoms with Crippen molar-refractivity contribution in [1.29, 1.82) is 0 Å². The zero-order valence-electron chi connectivity index (χ0n) is 10.3. The van der Waals surface area contributed by atoms with Crippen LogP contribution >= 0.6 is 0 Å². The maximum atomic E-state index is 11.4. The number of hydrogen-bond donors (Lipinski definition) is 0. The van der Waals surface area contributed by atoms with E-state index in [1.54, 1.807) is 0 Å². The van der Waals surface area contributed by atoms with Gasteiger partial charge < -0.3 is 9.53 Å². The first-order chi connectivity index (χ1) is 8.24. The summed E-state index contributed by atoms with van der Waals surface area (Å²) in [4.78, 5) is 13.7. The van der Waals surface area contributed by atoms with E-state index < -0.39 is 5.41 Å². The first-order valence-corrected chi connectivity index (χ1v) is 6.06. The second kappa shape index (κ2) is 5.43. The Labute approximate surface area is 102 Å². The number of rotatable bonds is 4. The number of hydrogen-bond acceptors (Lipinski definition) is 3. The van der Waals surface area contributed by atoms with Crippen molar-refractivity contribution in [1.82, 2.24) is 4.90 Å². The highest BCUT2D eigenvalue weighted by molar-refractivity contribution is 5.68. The summed E-state index contributed by atoms with van der Waals surface area (Å²) in [7, 11) is 0. The van der Waals surface area contributed by atoms with Crippen molar-refractivity contribution >= 4 is 6.29 Å². The van der Waals surface area contributed by atoms with E-state index in [1.165, 1.54) is 0 Å². The molecule has 1 atom stereocenters. The topological polar surface area (TPSA) is 29.5 Å². The van der Waals surface area contributed by atoms with Gasteiger partial charge in [-0.25, -0.2) is 0 Å². The van der Waals surface area contributed by atoms with Gasteiger partial charge in [0.2, 0.25) is 0 Å². The number of ether oxygens (including phenoxy) is 1. The molecule has 3 heteroatoms. The summed E-state index contributed by atoms with van der Waals surface area (Å²) in [5, 5.41) is 0. The van der Waals surface area contributed by atoms with Crippen molar-refractivity contribution in [2.75, 3.05) is 32.8 Å². The van der Waals surface area contributed by atoms with E-state index in [4.69, 9.17) is 4.74 Å². The van der Waals surface area contributed by atoms with E-state index in [0.29, 0.717) is 0 Å². The molecule has 1 fully saturated rings. The van der Waals surface area contributed by atoms with E-state index >= 15 is 0 Å².